The van der Waals surface area contributed by atoms with Crippen molar-refractivity contribution in [2.24, 2.45) is 0 Å². The van der Waals surface area contributed by atoms with E-state index in [1.165, 1.54) is 25.8 Å². The van der Waals surface area contributed by atoms with Crippen LogP contribution in [0.3, 0.4) is 0 Å². The Morgan fingerprint density at radius 2 is 2.14 bits per heavy atom. The molecule has 1 aliphatic rings. The lowest BCUT2D eigenvalue weighted by Crippen LogP contribution is -2.39. The van der Waals surface area contributed by atoms with E-state index in [0.29, 0.717) is 18.3 Å². The van der Waals surface area contributed by atoms with E-state index in [9.17, 15) is 4.79 Å². The lowest BCUT2D eigenvalue weighted by Gasteiger charge is -2.33. The van der Waals surface area contributed by atoms with Crippen molar-refractivity contribution in [3.63, 3.8) is 0 Å². The number of ether oxygens (including phenoxy) is 1. The zero-order valence-corrected chi connectivity index (χ0v) is 14.8. The SMILES string of the molecule is C[C@@H]1CCCCN1CCCNC(=O)COc1ccc(Br)cc1. The third-order valence-corrected chi connectivity index (χ3v) is 4.60. The number of rotatable bonds is 7. The van der Waals surface area contributed by atoms with E-state index in [2.05, 4.69) is 33.1 Å². The van der Waals surface area contributed by atoms with Crippen LogP contribution in [0.1, 0.15) is 32.6 Å². The van der Waals surface area contributed by atoms with Crippen LogP contribution in [-0.2, 0) is 4.79 Å². The number of piperidine rings is 1. The highest BCUT2D eigenvalue weighted by Crippen LogP contribution is 2.16. The van der Waals surface area contributed by atoms with Crippen LogP contribution in [0.4, 0.5) is 0 Å². The van der Waals surface area contributed by atoms with Crippen molar-refractivity contribution >= 4 is 21.8 Å². The second-order valence-electron chi connectivity index (χ2n) is 5.83. The summed E-state index contributed by atoms with van der Waals surface area (Å²) in [6, 6.07) is 8.16. The average molecular weight is 369 g/mol. The third kappa shape index (κ3) is 5.97. The molecule has 0 saturated carbocycles. The second-order valence-corrected chi connectivity index (χ2v) is 6.74. The molecule has 5 heteroatoms. The molecular formula is C17H25BrN2O2. The second kappa shape index (κ2) is 9.16. The number of benzene rings is 1. The van der Waals surface area contributed by atoms with E-state index >= 15 is 0 Å². The molecule has 22 heavy (non-hydrogen) atoms. The number of nitrogens with zero attached hydrogens (tertiary/aromatic N) is 1. The predicted molar refractivity (Wildman–Crippen MR) is 92.1 cm³/mol. The molecule has 1 aromatic rings. The van der Waals surface area contributed by atoms with Gasteiger partial charge in [0.05, 0.1) is 0 Å². The fourth-order valence-electron chi connectivity index (χ4n) is 2.73. The van der Waals surface area contributed by atoms with Crippen LogP contribution < -0.4 is 10.1 Å². The number of hydrogen-bond donors (Lipinski definition) is 1. The molecule has 0 aliphatic carbocycles. The first-order chi connectivity index (χ1) is 10.6. The van der Waals surface area contributed by atoms with Gasteiger partial charge in [-0.25, -0.2) is 0 Å². The minimum absolute atomic E-state index is 0.0605. The zero-order valence-electron chi connectivity index (χ0n) is 13.2. The van der Waals surface area contributed by atoms with Gasteiger partial charge in [0.15, 0.2) is 6.61 Å². The quantitative estimate of drug-likeness (QED) is 0.751. The highest BCUT2D eigenvalue weighted by molar-refractivity contribution is 9.10. The molecule has 0 spiro atoms. The Labute approximate surface area is 141 Å². The van der Waals surface area contributed by atoms with Crippen LogP contribution in [0.25, 0.3) is 0 Å². The van der Waals surface area contributed by atoms with Crippen LogP contribution in [0.15, 0.2) is 28.7 Å². The molecule has 1 N–H and O–H groups in total. The normalized spacial score (nSPS) is 18.9. The van der Waals surface area contributed by atoms with E-state index in [1.807, 2.05) is 24.3 Å². The van der Waals surface area contributed by atoms with Crippen molar-refractivity contribution < 1.29 is 9.53 Å². The maximum Gasteiger partial charge on any atom is 0.257 e. The Morgan fingerprint density at radius 1 is 1.36 bits per heavy atom. The molecule has 1 amide bonds. The molecule has 0 unspecified atom stereocenters. The molecule has 2 rings (SSSR count). The fourth-order valence-corrected chi connectivity index (χ4v) is 2.99. The minimum Gasteiger partial charge on any atom is -0.484 e. The molecule has 1 heterocycles. The maximum absolute atomic E-state index is 11.7. The molecule has 1 fully saturated rings. The number of carbonyl (C=O) groups is 1. The van der Waals surface area contributed by atoms with Gasteiger partial charge in [0, 0.05) is 23.6 Å². The van der Waals surface area contributed by atoms with Gasteiger partial charge in [-0.15, -0.1) is 0 Å². The highest BCUT2D eigenvalue weighted by Gasteiger charge is 2.17. The van der Waals surface area contributed by atoms with Gasteiger partial charge >= 0.3 is 0 Å². The number of amides is 1. The molecule has 1 aromatic carbocycles. The standard InChI is InChI=1S/C17H25BrN2O2/c1-14-5-2-3-11-20(14)12-4-10-19-17(21)13-22-16-8-6-15(18)7-9-16/h6-9,14H,2-5,10-13H2,1H3,(H,19,21)/t14-/m1/s1. The maximum atomic E-state index is 11.7. The van der Waals surface area contributed by atoms with Crippen molar-refractivity contribution in [2.45, 2.75) is 38.6 Å². The Kier molecular flexibility index (Phi) is 7.19. The largest absolute Gasteiger partial charge is 0.484 e. The van der Waals surface area contributed by atoms with E-state index in [-0.39, 0.29) is 12.5 Å². The number of halogens is 1. The topological polar surface area (TPSA) is 41.6 Å². The van der Waals surface area contributed by atoms with Crippen molar-refractivity contribution in [3.05, 3.63) is 28.7 Å². The van der Waals surface area contributed by atoms with Gasteiger partial charge in [0.25, 0.3) is 5.91 Å². The summed E-state index contributed by atoms with van der Waals surface area (Å²) in [7, 11) is 0. The average Bonchev–Trinajstić information content (AvgIpc) is 2.52. The highest BCUT2D eigenvalue weighted by atomic mass is 79.9. The Bertz CT molecular complexity index is 464. The van der Waals surface area contributed by atoms with Crippen LogP contribution in [-0.4, -0.2) is 43.1 Å². The van der Waals surface area contributed by atoms with Crippen molar-refractivity contribution in [1.29, 1.82) is 0 Å². The molecular weight excluding hydrogens is 344 g/mol. The van der Waals surface area contributed by atoms with Gasteiger partial charge in [0.2, 0.25) is 0 Å². The lowest BCUT2D eigenvalue weighted by atomic mass is 10.0. The Morgan fingerprint density at radius 3 is 2.86 bits per heavy atom. The summed E-state index contributed by atoms with van der Waals surface area (Å²) in [6.07, 6.45) is 4.95. The van der Waals surface area contributed by atoms with E-state index in [4.69, 9.17) is 4.74 Å². The summed E-state index contributed by atoms with van der Waals surface area (Å²) in [5.74, 6) is 0.648. The number of hydrogen-bond acceptors (Lipinski definition) is 3. The fraction of sp³-hybridized carbons (Fsp3) is 0.588. The molecule has 122 valence electrons. The minimum atomic E-state index is -0.0605. The van der Waals surface area contributed by atoms with Crippen LogP contribution >= 0.6 is 15.9 Å². The molecule has 0 aromatic heterocycles. The van der Waals surface area contributed by atoms with Crippen molar-refractivity contribution in [3.8, 4) is 5.75 Å². The molecule has 1 saturated heterocycles. The molecule has 0 bridgehead atoms. The Balaban J connectivity index is 1.56. The van der Waals surface area contributed by atoms with Crippen molar-refractivity contribution in [2.75, 3.05) is 26.2 Å². The first-order valence-electron chi connectivity index (χ1n) is 8.04. The van der Waals surface area contributed by atoms with Crippen LogP contribution in [0.5, 0.6) is 5.75 Å². The summed E-state index contributed by atoms with van der Waals surface area (Å²) in [5.41, 5.74) is 0. The third-order valence-electron chi connectivity index (χ3n) is 4.07. The Hall–Kier alpha value is -1.07. The smallest absolute Gasteiger partial charge is 0.257 e. The predicted octanol–water partition coefficient (Wildman–Crippen LogP) is 3.21. The summed E-state index contributed by atoms with van der Waals surface area (Å²) >= 11 is 3.37. The molecule has 1 atom stereocenters. The van der Waals surface area contributed by atoms with E-state index in [1.54, 1.807) is 0 Å². The summed E-state index contributed by atoms with van der Waals surface area (Å²) in [4.78, 5) is 14.3. The summed E-state index contributed by atoms with van der Waals surface area (Å²) < 4.78 is 6.44. The first kappa shape index (κ1) is 17.3. The van der Waals surface area contributed by atoms with Gasteiger partial charge in [0.1, 0.15) is 5.75 Å². The number of carbonyl (C=O) groups excluding carboxylic acids is 1. The van der Waals surface area contributed by atoms with Gasteiger partial charge in [-0.2, -0.15) is 0 Å². The molecule has 4 nitrogen and oxygen atoms in total. The lowest BCUT2D eigenvalue weighted by molar-refractivity contribution is -0.123. The van der Waals surface area contributed by atoms with Crippen LogP contribution in [0, 0.1) is 0 Å². The van der Waals surface area contributed by atoms with E-state index in [0.717, 1.165) is 17.4 Å². The number of likely N-dealkylation sites (tertiary alicyclic amines) is 1. The first-order valence-corrected chi connectivity index (χ1v) is 8.83. The summed E-state index contributed by atoms with van der Waals surface area (Å²) in [5, 5.41) is 2.92. The van der Waals surface area contributed by atoms with Gasteiger partial charge in [-0.1, -0.05) is 22.4 Å². The molecule has 0 radical (unpaired) electrons. The molecule has 1 aliphatic heterocycles. The van der Waals surface area contributed by atoms with Crippen molar-refractivity contribution in [1.82, 2.24) is 10.2 Å². The summed E-state index contributed by atoms with van der Waals surface area (Å²) in [6.45, 7) is 5.34. The van der Waals surface area contributed by atoms with Gasteiger partial charge in [-0.05, 0) is 57.0 Å². The van der Waals surface area contributed by atoms with E-state index < -0.39 is 0 Å². The van der Waals surface area contributed by atoms with Gasteiger partial charge < -0.3 is 15.0 Å². The van der Waals surface area contributed by atoms with Gasteiger partial charge in [-0.3, -0.25) is 4.79 Å². The monoisotopic (exact) mass is 368 g/mol. The number of nitrogens with one attached hydrogen (secondary N) is 1. The zero-order chi connectivity index (χ0) is 15.8. The van der Waals surface area contributed by atoms with Crippen LogP contribution in [0.2, 0.25) is 0 Å².